The van der Waals surface area contributed by atoms with Crippen LogP contribution in [-0.2, 0) is 9.47 Å². The van der Waals surface area contributed by atoms with Crippen molar-refractivity contribution in [3.05, 3.63) is 17.5 Å². The highest BCUT2D eigenvalue weighted by Crippen LogP contribution is 2.33. The molecule has 0 amide bonds. The molecule has 118 valence electrons. The maximum atomic E-state index is 5.51. The summed E-state index contributed by atoms with van der Waals surface area (Å²) < 4.78 is 13.0. The van der Waals surface area contributed by atoms with Gasteiger partial charge in [-0.1, -0.05) is 13.8 Å². The molecule has 0 bridgehead atoms. The summed E-state index contributed by atoms with van der Waals surface area (Å²) in [5.41, 5.74) is 2.54. The third kappa shape index (κ3) is 2.87. The van der Waals surface area contributed by atoms with E-state index >= 15 is 0 Å². The van der Waals surface area contributed by atoms with Crippen LogP contribution in [0.5, 0.6) is 0 Å². The molecule has 4 rings (SSSR count). The molecule has 3 aliphatic heterocycles. The lowest BCUT2D eigenvalue weighted by Gasteiger charge is -2.47. The van der Waals surface area contributed by atoms with Crippen LogP contribution in [0.1, 0.15) is 43.6 Å². The van der Waals surface area contributed by atoms with E-state index in [2.05, 4.69) is 22.6 Å². The number of nitrogens with zero attached hydrogens (tertiary/aromatic N) is 3. The molecule has 5 nitrogen and oxygen atoms in total. The van der Waals surface area contributed by atoms with Crippen molar-refractivity contribution in [2.45, 2.75) is 45.2 Å². The van der Waals surface area contributed by atoms with Gasteiger partial charge in [-0.15, -0.1) is 0 Å². The monoisotopic (exact) mass is 293 g/mol. The van der Waals surface area contributed by atoms with E-state index in [1.165, 1.54) is 5.69 Å². The van der Waals surface area contributed by atoms with Crippen LogP contribution in [0, 0.1) is 6.92 Å². The van der Waals surface area contributed by atoms with Gasteiger partial charge in [0.25, 0.3) is 0 Å². The van der Waals surface area contributed by atoms with Crippen LogP contribution in [0.3, 0.4) is 0 Å². The lowest BCUT2D eigenvalue weighted by molar-refractivity contribution is -0.0914. The smallest absolute Gasteiger partial charge is 0.0777 e. The van der Waals surface area contributed by atoms with Crippen LogP contribution in [0.4, 0.5) is 0 Å². The number of hydrogen-bond acceptors (Lipinski definition) is 4. The molecule has 0 radical (unpaired) electrons. The summed E-state index contributed by atoms with van der Waals surface area (Å²) in [5.74, 6) is 0.641. The first-order valence-corrected chi connectivity index (χ1v) is 8.27. The van der Waals surface area contributed by atoms with E-state index in [0.717, 1.165) is 51.6 Å². The summed E-state index contributed by atoms with van der Waals surface area (Å²) in [6.45, 7) is 11.9. The molecule has 0 aliphatic carbocycles. The van der Waals surface area contributed by atoms with Crippen LogP contribution in [0.2, 0.25) is 0 Å². The van der Waals surface area contributed by atoms with Crippen molar-refractivity contribution >= 4 is 0 Å². The SMILES string of the molecule is CC.Cc1cc(C2CN(C3COC3)C2)n(C2CCOC2)n1. The quantitative estimate of drug-likeness (QED) is 0.854. The summed E-state index contributed by atoms with van der Waals surface area (Å²) in [4.78, 5) is 2.53. The fourth-order valence-electron chi connectivity index (χ4n) is 3.28. The number of hydrogen-bond donors (Lipinski definition) is 0. The fraction of sp³-hybridized carbons (Fsp3) is 0.812. The summed E-state index contributed by atoms with van der Waals surface area (Å²) in [6, 6.07) is 3.38. The first kappa shape index (κ1) is 15.0. The van der Waals surface area contributed by atoms with Crippen LogP contribution in [-0.4, -0.2) is 60.2 Å². The maximum absolute atomic E-state index is 5.51. The van der Waals surface area contributed by atoms with Gasteiger partial charge in [-0.3, -0.25) is 9.58 Å². The summed E-state index contributed by atoms with van der Waals surface area (Å²) in [5, 5.41) is 4.69. The van der Waals surface area contributed by atoms with Crippen LogP contribution >= 0.6 is 0 Å². The highest BCUT2D eigenvalue weighted by molar-refractivity contribution is 5.19. The highest BCUT2D eigenvalue weighted by atomic mass is 16.5. The van der Waals surface area contributed by atoms with Gasteiger partial charge >= 0.3 is 0 Å². The van der Waals surface area contributed by atoms with Crippen molar-refractivity contribution in [3.8, 4) is 0 Å². The third-order valence-electron chi connectivity index (χ3n) is 4.60. The average molecular weight is 293 g/mol. The molecule has 3 saturated heterocycles. The summed E-state index contributed by atoms with van der Waals surface area (Å²) >= 11 is 0. The average Bonchev–Trinajstić information content (AvgIpc) is 3.02. The van der Waals surface area contributed by atoms with Gasteiger partial charge in [-0.25, -0.2) is 0 Å². The van der Waals surface area contributed by atoms with Gasteiger partial charge in [0, 0.05) is 31.3 Å². The molecule has 0 saturated carbocycles. The molecule has 5 heteroatoms. The van der Waals surface area contributed by atoms with E-state index in [-0.39, 0.29) is 0 Å². The standard InChI is InChI=1S/C14H21N3O2.C2H6/c1-10-4-14(17(15-10)12-2-3-18-7-12)11-5-16(6-11)13-8-19-9-13;1-2/h4,11-13H,2-3,5-9H2,1H3;1-2H3. The van der Waals surface area contributed by atoms with Crippen molar-refractivity contribution in [3.63, 3.8) is 0 Å². The predicted molar refractivity (Wildman–Crippen MR) is 81.7 cm³/mol. The lowest BCUT2D eigenvalue weighted by atomic mass is 9.93. The lowest BCUT2D eigenvalue weighted by Crippen LogP contribution is -2.58. The zero-order valence-electron chi connectivity index (χ0n) is 13.4. The second kappa shape index (κ2) is 6.46. The fourth-order valence-corrected chi connectivity index (χ4v) is 3.28. The van der Waals surface area contributed by atoms with Crippen molar-refractivity contribution in [1.82, 2.24) is 14.7 Å². The van der Waals surface area contributed by atoms with Gasteiger partial charge in [-0.05, 0) is 19.4 Å². The number of rotatable bonds is 3. The normalized spacial score (nSPS) is 26.9. The second-order valence-electron chi connectivity index (χ2n) is 6.01. The largest absolute Gasteiger partial charge is 0.379 e. The molecule has 0 spiro atoms. The molecule has 4 heterocycles. The van der Waals surface area contributed by atoms with E-state index in [9.17, 15) is 0 Å². The zero-order chi connectivity index (χ0) is 14.8. The Balaban J connectivity index is 0.000000636. The van der Waals surface area contributed by atoms with Crippen molar-refractivity contribution < 1.29 is 9.47 Å². The topological polar surface area (TPSA) is 39.5 Å². The number of aryl methyl sites for hydroxylation is 1. The Bertz CT molecular complexity index is 458. The Morgan fingerprint density at radius 2 is 1.81 bits per heavy atom. The molecule has 1 atom stereocenters. The van der Waals surface area contributed by atoms with Gasteiger partial charge in [-0.2, -0.15) is 5.10 Å². The first-order chi connectivity index (χ1) is 10.3. The van der Waals surface area contributed by atoms with Crippen LogP contribution < -0.4 is 0 Å². The Morgan fingerprint density at radius 3 is 2.38 bits per heavy atom. The minimum absolute atomic E-state index is 0.449. The minimum Gasteiger partial charge on any atom is -0.379 e. The van der Waals surface area contributed by atoms with Gasteiger partial charge in [0.2, 0.25) is 0 Å². The van der Waals surface area contributed by atoms with Crippen LogP contribution in [0.15, 0.2) is 6.07 Å². The van der Waals surface area contributed by atoms with Gasteiger partial charge < -0.3 is 9.47 Å². The minimum atomic E-state index is 0.449. The molecule has 3 fully saturated rings. The van der Waals surface area contributed by atoms with Crippen molar-refractivity contribution in [1.29, 1.82) is 0 Å². The predicted octanol–water partition coefficient (Wildman–Crippen LogP) is 1.98. The molecule has 3 aliphatic rings. The molecule has 0 N–H and O–H groups in total. The Hall–Kier alpha value is -0.910. The summed E-state index contributed by atoms with van der Waals surface area (Å²) in [6.07, 6.45) is 1.10. The van der Waals surface area contributed by atoms with E-state index in [1.54, 1.807) is 0 Å². The van der Waals surface area contributed by atoms with Crippen molar-refractivity contribution in [2.75, 3.05) is 39.5 Å². The summed E-state index contributed by atoms with van der Waals surface area (Å²) in [7, 11) is 0. The van der Waals surface area contributed by atoms with Gasteiger partial charge in [0.1, 0.15) is 0 Å². The molecule has 0 aromatic carbocycles. The van der Waals surface area contributed by atoms with E-state index in [0.29, 0.717) is 18.0 Å². The number of likely N-dealkylation sites (tertiary alicyclic amines) is 1. The van der Waals surface area contributed by atoms with E-state index in [1.807, 2.05) is 13.8 Å². The molecule has 1 unspecified atom stereocenters. The Morgan fingerprint density at radius 1 is 1.10 bits per heavy atom. The second-order valence-corrected chi connectivity index (χ2v) is 6.01. The molecule has 1 aromatic rings. The Kier molecular flexibility index (Phi) is 4.62. The Labute approximate surface area is 127 Å². The molecule has 1 aromatic heterocycles. The number of aromatic nitrogens is 2. The third-order valence-corrected chi connectivity index (χ3v) is 4.60. The first-order valence-electron chi connectivity index (χ1n) is 8.27. The number of ether oxygens (including phenoxy) is 2. The van der Waals surface area contributed by atoms with Gasteiger partial charge in [0.15, 0.2) is 0 Å². The zero-order valence-corrected chi connectivity index (χ0v) is 13.4. The van der Waals surface area contributed by atoms with Crippen molar-refractivity contribution in [2.24, 2.45) is 0 Å². The molecule has 21 heavy (non-hydrogen) atoms. The van der Waals surface area contributed by atoms with Crippen LogP contribution in [0.25, 0.3) is 0 Å². The molecular weight excluding hydrogens is 266 g/mol. The van der Waals surface area contributed by atoms with E-state index < -0.39 is 0 Å². The highest BCUT2D eigenvalue weighted by Gasteiger charge is 2.38. The maximum Gasteiger partial charge on any atom is 0.0777 e. The molecular formula is C16H27N3O2. The van der Waals surface area contributed by atoms with Gasteiger partial charge in [0.05, 0.1) is 37.6 Å². The van der Waals surface area contributed by atoms with E-state index in [4.69, 9.17) is 14.6 Å².